The fraction of sp³-hybridized carbons (Fsp3) is 0.769. The van der Waals surface area contributed by atoms with Crippen LogP contribution in [0.2, 0.25) is 0 Å². The van der Waals surface area contributed by atoms with Crippen LogP contribution in [0.5, 0.6) is 0 Å². The summed E-state index contributed by atoms with van der Waals surface area (Å²) in [4.78, 5) is 4.38. The minimum Gasteiger partial charge on any atom is -0.382 e. The molecule has 2 rings (SSSR count). The molecule has 0 bridgehead atoms. The number of ether oxygens (including phenoxy) is 1. The minimum atomic E-state index is 0.767. The number of imidazole rings is 1. The number of hydrogen-bond acceptors (Lipinski definition) is 4. The summed E-state index contributed by atoms with van der Waals surface area (Å²) in [6, 6.07) is 0. The molecular weight excluding hydrogens is 246 g/mol. The van der Waals surface area contributed by atoms with Gasteiger partial charge in [-0.3, -0.25) is 0 Å². The average Bonchev–Trinajstić information content (AvgIpc) is 3.02. The molecule has 1 atom stereocenters. The molecule has 1 aliphatic rings. The zero-order chi connectivity index (χ0) is 12.6. The fourth-order valence-corrected chi connectivity index (χ4v) is 3.42. The molecule has 0 amide bonds. The molecule has 0 saturated carbocycles. The van der Waals surface area contributed by atoms with Gasteiger partial charge in [0.15, 0.2) is 0 Å². The van der Waals surface area contributed by atoms with Crippen LogP contribution >= 0.6 is 11.8 Å². The number of aromatic nitrogens is 2. The third kappa shape index (κ3) is 4.21. The largest absolute Gasteiger partial charge is 0.382 e. The van der Waals surface area contributed by atoms with Gasteiger partial charge in [-0.15, -0.1) is 0 Å². The number of nitrogens with zero attached hydrogens (tertiary/aromatic N) is 2. The van der Waals surface area contributed by atoms with E-state index in [0.717, 1.165) is 43.9 Å². The van der Waals surface area contributed by atoms with Crippen molar-refractivity contribution in [3.05, 3.63) is 12.4 Å². The van der Waals surface area contributed by atoms with Crippen molar-refractivity contribution in [1.82, 2.24) is 9.55 Å². The maximum absolute atomic E-state index is 5.32. The molecular formula is C13H23N3OS. The standard InChI is InChI=1S/C13H23N3OS/c1-2-17-9-4-6-14-13-15-7-8-16(13)11-12-5-3-10-18-12/h7-8,12H,2-6,9-11H2,1H3,(H,14,15). The van der Waals surface area contributed by atoms with Crippen LogP contribution in [0.1, 0.15) is 26.2 Å². The third-order valence-corrected chi connectivity index (χ3v) is 4.47. The lowest BCUT2D eigenvalue weighted by molar-refractivity contribution is 0.147. The van der Waals surface area contributed by atoms with Crippen molar-refractivity contribution >= 4 is 17.7 Å². The first kappa shape index (κ1) is 13.7. The highest BCUT2D eigenvalue weighted by atomic mass is 32.2. The fourth-order valence-electron chi connectivity index (χ4n) is 2.15. The van der Waals surface area contributed by atoms with Crippen molar-refractivity contribution in [2.75, 3.05) is 30.8 Å². The van der Waals surface area contributed by atoms with Gasteiger partial charge in [0.05, 0.1) is 0 Å². The summed E-state index contributed by atoms with van der Waals surface area (Å²) in [6.45, 7) is 5.66. The Hall–Kier alpha value is -0.680. The average molecular weight is 269 g/mol. The van der Waals surface area contributed by atoms with Crippen LogP contribution in [0.15, 0.2) is 12.4 Å². The van der Waals surface area contributed by atoms with E-state index in [1.807, 2.05) is 13.1 Å². The smallest absolute Gasteiger partial charge is 0.202 e. The summed E-state index contributed by atoms with van der Waals surface area (Å²) in [5, 5.41) is 4.16. The Morgan fingerprint density at radius 3 is 3.33 bits per heavy atom. The third-order valence-electron chi connectivity index (χ3n) is 3.09. The van der Waals surface area contributed by atoms with Crippen LogP contribution in [0, 0.1) is 0 Å². The molecule has 1 N–H and O–H groups in total. The van der Waals surface area contributed by atoms with Crippen molar-refractivity contribution in [3.63, 3.8) is 0 Å². The number of anilines is 1. The van der Waals surface area contributed by atoms with E-state index in [9.17, 15) is 0 Å². The van der Waals surface area contributed by atoms with E-state index in [1.165, 1.54) is 18.6 Å². The molecule has 5 heteroatoms. The van der Waals surface area contributed by atoms with Gasteiger partial charge in [0, 0.05) is 43.9 Å². The summed E-state index contributed by atoms with van der Waals surface area (Å²) in [5.41, 5.74) is 0. The molecule has 1 aliphatic heterocycles. The van der Waals surface area contributed by atoms with Gasteiger partial charge in [0.1, 0.15) is 0 Å². The molecule has 1 unspecified atom stereocenters. The van der Waals surface area contributed by atoms with Crippen molar-refractivity contribution in [1.29, 1.82) is 0 Å². The van der Waals surface area contributed by atoms with E-state index in [0.29, 0.717) is 0 Å². The second-order valence-corrected chi connectivity index (χ2v) is 5.92. The molecule has 4 nitrogen and oxygen atoms in total. The Morgan fingerprint density at radius 2 is 2.56 bits per heavy atom. The number of rotatable bonds is 8. The van der Waals surface area contributed by atoms with E-state index in [2.05, 4.69) is 32.8 Å². The summed E-state index contributed by atoms with van der Waals surface area (Å²) in [6.07, 6.45) is 7.68. The Balaban J connectivity index is 1.72. The maximum atomic E-state index is 5.32. The topological polar surface area (TPSA) is 39.1 Å². The summed E-state index contributed by atoms with van der Waals surface area (Å²) in [5.74, 6) is 2.32. The summed E-state index contributed by atoms with van der Waals surface area (Å²) in [7, 11) is 0. The van der Waals surface area contributed by atoms with Crippen molar-refractivity contribution in [3.8, 4) is 0 Å². The molecule has 0 aliphatic carbocycles. The van der Waals surface area contributed by atoms with Crippen LogP contribution in [0.25, 0.3) is 0 Å². The van der Waals surface area contributed by atoms with Crippen LogP contribution in [-0.4, -0.2) is 40.3 Å². The van der Waals surface area contributed by atoms with Crippen LogP contribution in [-0.2, 0) is 11.3 Å². The van der Waals surface area contributed by atoms with E-state index in [-0.39, 0.29) is 0 Å². The van der Waals surface area contributed by atoms with E-state index < -0.39 is 0 Å². The zero-order valence-corrected chi connectivity index (χ0v) is 11.9. The van der Waals surface area contributed by atoms with Gasteiger partial charge in [-0.05, 0) is 31.9 Å². The molecule has 18 heavy (non-hydrogen) atoms. The highest BCUT2D eigenvalue weighted by Crippen LogP contribution is 2.28. The molecule has 0 radical (unpaired) electrons. The van der Waals surface area contributed by atoms with Gasteiger partial charge in [0.25, 0.3) is 0 Å². The Bertz CT molecular complexity index is 337. The van der Waals surface area contributed by atoms with Crippen molar-refractivity contribution in [2.24, 2.45) is 0 Å². The van der Waals surface area contributed by atoms with Crippen molar-refractivity contribution < 1.29 is 4.74 Å². The number of thioether (sulfide) groups is 1. The predicted molar refractivity (Wildman–Crippen MR) is 77.3 cm³/mol. The van der Waals surface area contributed by atoms with Gasteiger partial charge in [0.2, 0.25) is 5.95 Å². The first-order valence-corrected chi connectivity index (χ1v) is 7.89. The molecule has 0 aromatic carbocycles. The van der Waals surface area contributed by atoms with Gasteiger partial charge in [-0.1, -0.05) is 0 Å². The highest BCUT2D eigenvalue weighted by Gasteiger charge is 2.17. The Morgan fingerprint density at radius 1 is 1.61 bits per heavy atom. The molecule has 2 heterocycles. The lowest BCUT2D eigenvalue weighted by atomic mass is 10.2. The van der Waals surface area contributed by atoms with Gasteiger partial charge in [-0.2, -0.15) is 11.8 Å². The Kier molecular flexibility index (Phi) is 5.87. The quantitative estimate of drug-likeness (QED) is 0.736. The Labute approximate surface area is 114 Å². The van der Waals surface area contributed by atoms with Gasteiger partial charge in [-0.25, -0.2) is 4.98 Å². The van der Waals surface area contributed by atoms with Crippen LogP contribution in [0.3, 0.4) is 0 Å². The minimum absolute atomic E-state index is 0.767. The van der Waals surface area contributed by atoms with E-state index >= 15 is 0 Å². The summed E-state index contributed by atoms with van der Waals surface area (Å²) >= 11 is 2.09. The first-order chi connectivity index (χ1) is 8.90. The molecule has 1 fully saturated rings. The lowest BCUT2D eigenvalue weighted by Crippen LogP contribution is -2.14. The monoisotopic (exact) mass is 269 g/mol. The molecule has 1 saturated heterocycles. The number of hydrogen-bond donors (Lipinski definition) is 1. The van der Waals surface area contributed by atoms with Crippen molar-refractivity contribution in [2.45, 2.75) is 38.0 Å². The van der Waals surface area contributed by atoms with Gasteiger partial charge < -0.3 is 14.6 Å². The molecule has 1 aromatic rings. The normalized spacial score (nSPS) is 19.3. The van der Waals surface area contributed by atoms with Gasteiger partial charge >= 0.3 is 0 Å². The zero-order valence-electron chi connectivity index (χ0n) is 11.1. The van der Waals surface area contributed by atoms with Crippen LogP contribution < -0.4 is 5.32 Å². The molecule has 102 valence electrons. The highest BCUT2D eigenvalue weighted by molar-refractivity contribution is 8.00. The second kappa shape index (κ2) is 7.69. The number of nitrogens with one attached hydrogen (secondary N) is 1. The van der Waals surface area contributed by atoms with E-state index in [1.54, 1.807) is 0 Å². The SMILES string of the molecule is CCOCCCNc1nccn1CC1CCCS1. The summed E-state index contributed by atoms with van der Waals surface area (Å²) < 4.78 is 7.56. The molecule has 0 spiro atoms. The lowest BCUT2D eigenvalue weighted by Gasteiger charge is -2.13. The van der Waals surface area contributed by atoms with E-state index in [4.69, 9.17) is 4.74 Å². The second-order valence-electron chi connectivity index (χ2n) is 4.52. The maximum Gasteiger partial charge on any atom is 0.202 e. The van der Waals surface area contributed by atoms with Crippen LogP contribution in [0.4, 0.5) is 5.95 Å². The first-order valence-electron chi connectivity index (χ1n) is 6.84. The molecule has 1 aromatic heterocycles. The predicted octanol–water partition coefficient (Wildman–Crippen LogP) is 2.62.